The molecule has 1 heterocycles. The number of nitrogens with zero attached hydrogens (tertiary/aromatic N) is 2. The number of ether oxygens (including phenoxy) is 2. The van der Waals surface area contributed by atoms with Crippen LogP contribution in [0.25, 0.3) is 10.8 Å². The third kappa shape index (κ3) is 4.07. The van der Waals surface area contributed by atoms with E-state index in [1.54, 1.807) is 30.3 Å². The molecule has 11 heteroatoms. The third-order valence-electron chi connectivity index (χ3n) is 3.65. The zero-order valence-corrected chi connectivity index (χ0v) is 16.3. The number of carbonyl (C=O) groups excluding carboxylic acids is 1. The zero-order valence-electron chi connectivity index (χ0n) is 14.8. The summed E-state index contributed by atoms with van der Waals surface area (Å²) in [6, 6.07) is 9.97. The Bertz CT molecular complexity index is 1130. The number of benzene rings is 2. The summed E-state index contributed by atoms with van der Waals surface area (Å²) < 4.78 is 37.3. The highest BCUT2D eigenvalue weighted by Crippen LogP contribution is 2.29. The van der Waals surface area contributed by atoms with Crippen LogP contribution in [0.4, 0.5) is 10.7 Å². The molecule has 0 fully saturated rings. The summed E-state index contributed by atoms with van der Waals surface area (Å²) in [4.78, 5) is 19.9. The van der Waals surface area contributed by atoms with Crippen molar-refractivity contribution in [3.8, 4) is 11.8 Å². The number of halogens is 1. The highest BCUT2D eigenvalue weighted by molar-refractivity contribution is 7.90. The predicted octanol–water partition coefficient (Wildman–Crippen LogP) is 2.81. The van der Waals surface area contributed by atoms with Gasteiger partial charge in [0, 0.05) is 10.4 Å². The van der Waals surface area contributed by atoms with Crippen molar-refractivity contribution in [1.82, 2.24) is 14.7 Å². The second-order valence-corrected chi connectivity index (χ2v) is 7.49. The Labute approximate surface area is 165 Å². The minimum absolute atomic E-state index is 0.130. The summed E-state index contributed by atoms with van der Waals surface area (Å²) in [5.41, 5.74) is 0. The quantitative estimate of drug-likeness (QED) is 0.648. The number of urea groups is 1. The van der Waals surface area contributed by atoms with Gasteiger partial charge in [-0.15, -0.1) is 0 Å². The van der Waals surface area contributed by atoms with Crippen LogP contribution in [0.2, 0.25) is 5.02 Å². The summed E-state index contributed by atoms with van der Waals surface area (Å²) in [5.74, 6) is 0.0662. The van der Waals surface area contributed by atoms with Gasteiger partial charge < -0.3 is 9.47 Å². The van der Waals surface area contributed by atoms with E-state index in [2.05, 4.69) is 15.3 Å². The van der Waals surface area contributed by atoms with E-state index in [4.69, 9.17) is 21.1 Å². The Balaban J connectivity index is 1.89. The molecule has 28 heavy (non-hydrogen) atoms. The largest absolute Gasteiger partial charge is 0.481 e. The third-order valence-corrected chi connectivity index (χ3v) is 5.34. The van der Waals surface area contributed by atoms with Gasteiger partial charge in [-0.25, -0.2) is 17.9 Å². The van der Waals surface area contributed by atoms with Gasteiger partial charge in [-0.2, -0.15) is 9.97 Å². The first-order valence-corrected chi connectivity index (χ1v) is 9.68. The average molecular weight is 423 g/mol. The lowest BCUT2D eigenvalue weighted by atomic mass is 10.1. The van der Waals surface area contributed by atoms with E-state index in [1.807, 2.05) is 4.72 Å². The van der Waals surface area contributed by atoms with Crippen molar-refractivity contribution in [2.24, 2.45) is 0 Å². The second-order valence-electron chi connectivity index (χ2n) is 5.43. The smallest absolute Gasteiger partial charge is 0.335 e. The van der Waals surface area contributed by atoms with Gasteiger partial charge >= 0.3 is 6.03 Å². The van der Waals surface area contributed by atoms with Crippen LogP contribution >= 0.6 is 11.6 Å². The van der Waals surface area contributed by atoms with Gasteiger partial charge in [-0.1, -0.05) is 35.9 Å². The Morgan fingerprint density at radius 2 is 1.64 bits per heavy atom. The fraction of sp³-hybridized carbons (Fsp3) is 0.118. The maximum atomic E-state index is 12.7. The van der Waals surface area contributed by atoms with E-state index >= 15 is 0 Å². The van der Waals surface area contributed by atoms with Crippen molar-refractivity contribution >= 4 is 44.4 Å². The molecule has 3 aromatic rings. The minimum Gasteiger partial charge on any atom is -0.481 e. The van der Waals surface area contributed by atoms with Crippen molar-refractivity contribution in [3.63, 3.8) is 0 Å². The van der Waals surface area contributed by atoms with Crippen LogP contribution in [-0.4, -0.2) is 38.6 Å². The van der Waals surface area contributed by atoms with Crippen LogP contribution in [0.15, 0.2) is 47.4 Å². The summed E-state index contributed by atoms with van der Waals surface area (Å²) in [6.45, 7) is 0. The number of carbonyl (C=O) groups is 1. The molecule has 0 radical (unpaired) electrons. The first-order chi connectivity index (χ1) is 13.3. The molecule has 3 rings (SSSR count). The molecule has 0 spiro atoms. The number of fused-ring (bicyclic) bond motifs is 1. The molecule has 0 aliphatic heterocycles. The highest BCUT2D eigenvalue weighted by atomic mass is 35.5. The van der Waals surface area contributed by atoms with Gasteiger partial charge in [0.05, 0.1) is 25.2 Å². The van der Waals surface area contributed by atoms with E-state index in [0.29, 0.717) is 10.8 Å². The van der Waals surface area contributed by atoms with E-state index in [-0.39, 0.29) is 27.6 Å². The van der Waals surface area contributed by atoms with E-state index in [0.717, 1.165) is 0 Å². The fourth-order valence-electron chi connectivity index (χ4n) is 2.46. The molecule has 1 aromatic heterocycles. The number of rotatable bonds is 5. The number of hydrogen-bond donors (Lipinski definition) is 2. The lowest BCUT2D eigenvalue weighted by Gasteiger charge is -2.11. The topological polar surface area (TPSA) is 120 Å². The van der Waals surface area contributed by atoms with Crippen molar-refractivity contribution in [1.29, 1.82) is 0 Å². The van der Waals surface area contributed by atoms with Crippen LogP contribution in [-0.2, 0) is 10.0 Å². The molecule has 0 unspecified atom stereocenters. The van der Waals surface area contributed by atoms with E-state index < -0.39 is 16.1 Å². The van der Waals surface area contributed by atoms with E-state index in [1.165, 1.54) is 26.4 Å². The van der Waals surface area contributed by atoms with Crippen LogP contribution in [0.5, 0.6) is 11.8 Å². The van der Waals surface area contributed by atoms with Crippen molar-refractivity contribution in [2.75, 3.05) is 19.5 Å². The molecule has 2 amide bonds. The number of methoxy groups -OCH3 is 2. The first-order valence-electron chi connectivity index (χ1n) is 7.82. The van der Waals surface area contributed by atoms with Crippen LogP contribution in [0.1, 0.15) is 0 Å². The molecule has 0 saturated heterocycles. The summed E-state index contributed by atoms with van der Waals surface area (Å²) in [5, 5.41) is 3.42. The van der Waals surface area contributed by atoms with E-state index in [9.17, 15) is 13.2 Å². The molecule has 0 saturated carbocycles. The average Bonchev–Trinajstić information content (AvgIpc) is 2.66. The summed E-state index contributed by atoms with van der Waals surface area (Å²) in [6.07, 6.45) is 0. The number of aromatic nitrogens is 2. The van der Waals surface area contributed by atoms with Gasteiger partial charge in [0.25, 0.3) is 10.0 Å². The maximum absolute atomic E-state index is 12.7. The summed E-state index contributed by atoms with van der Waals surface area (Å²) in [7, 11) is -1.47. The Hall–Kier alpha value is -3.11. The van der Waals surface area contributed by atoms with Crippen molar-refractivity contribution in [3.05, 3.63) is 47.5 Å². The Kier molecular flexibility index (Phi) is 5.52. The van der Waals surface area contributed by atoms with Crippen LogP contribution in [0.3, 0.4) is 0 Å². The maximum Gasteiger partial charge on any atom is 0.335 e. The van der Waals surface area contributed by atoms with Gasteiger partial charge in [-0.3, -0.25) is 5.32 Å². The monoisotopic (exact) mass is 422 g/mol. The number of hydrogen-bond acceptors (Lipinski definition) is 7. The molecular formula is C17H15ClN4O5S. The Morgan fingerprint density at radius 1 is 1.04 bits per heavy atom. The molecule has 9 nitrogen and oxygen atoms in total. The first kappa shape index (κ1) is 19.6. The van der Waals surface area contributed by atoms with Crippen LogP contribution in [0, 0.1) is 0 Å². The lowest BCUT2D eigenvalue weighted by molar-refractivity contribution is 0.256. The number of nitrogens with one attached hydrogen (secondary N) is 2. The molecular weight excluding hydrogens is 408 g/mol. The van der Waals surface area contributed by atoms with Gasteiger partial charge in [0.2, 0.25) is 17.7 Å². The molecule has 0 aliphatic carbocycles. The van der Waals surface area contributed by atoms with Crippen molar-refractivity contribution < 1.29 is 22.7 Å². The SMILES string of the molecule is COc1cc(OC)nc(NC(=O)NS(=O)(=O)c2cccc3cccc(Cl)c23)n1. The highest BCUT2D eigenvalue weighted by Gasteiger charge is 2.22. The lowest BCUT2D eigenvalue weighted by Crippen LogP contribution is -2.35. The molecule has 0 aliphatic rings. The normalized spacial score (nSPS) is 11.1. The molecule has 0 bridgehead atoms. The standard InChI is InChI=1S/C17H15ClN4O5S/c1-26-13-9-14(27-2)20-16(19-13)21-17(23)22-28(24,25)12-8-4-6-10-5-3-7-11(18)15(10)12/h3-9H,1-2H3,(H2,19,20,21,22,23). The molecule has 0 atom stereocenters. The van der Waals surface area contributed by atoms with Gasteiger partial charge in [0.1, 0.15) is 0 Å². The number of sulfonamides is 1. The van der Waals surface area contributed by atoms with Gasteiger partial charge in [-0.05, 0) is 17.5 Å². The Morgan fingerprint density at radius 3 is 2.25 bits per heavy atom. The van der Waals surface area contributed by atoms with Crippen molar-refractivity contribution in [2.45, 2.75) is 4.90 Å². The number of anilines is 1. The zero-order chi connectivity index (χ0) is 20.3. The van der Waals surface area contributed by atoms with Crippen LogP contribution < -0.4 is 19.5 Å². The molecule has 2 N–H and O–H groups in total. The number of amides is 2. The summed E-state index contributed by atoms with van der Waals surface area (Å²) >= 11 is 6.16. The minimum atomic E-state index is -4.22. The molecule has 2 aromatic carbocycles. The van der Waals surface area contributed by atoms with Gasteiger partial charge in [0.15, 0.2) is 0 Å². The second kappa shape index (κ2) is 7.87. The predicted molar refractivity (Wildman–Crippen MR) is 103 cm³/mol. The molecule has 146 valence electrons. The fourth-order valence-corrected chi connectivity index (χ4v) is 3.96.